The maximum atomic E-state index is 11.8. The molecule has 0 spiro atoms. The van der Waals surface area contributed by atoms with E-state index in [0.717, 1.165) is 12.1 Å². The van der Waals surface area contributed by atoms with Gasteiger partial charge in [-0.3, -0.25) is 14.9 Å². The number of aromatic hydroxyl groups is 1. The van der Waals surface area contributed by atoms with Gasteiger partial charge in [0.25, 0.3) is 0 Å². The zero-order valence-corrected chi connectivity index (χ0v) is 10.6. The van der Waals surface area contributed by atoms with Gasteiger partial charge in [0, 0.05) is 6.07 Å². The van der Waals surface area contributed by atoms with Gasteiger partial charge >= 0.3 is 11.7 Å². The molecule has 11 heteroatoms. The third-order valence-electron chi connectivity index (χ3n) is 2.23. The smallest absolute Gasteiger partial charge is 0.324 e. The van der Waals surface area contributed by atoms with Crippen molar-refractivity contribution in [2.45, 2.75) is 10.9 Å². The van der Waals surface area contributed by atoms with Crippen molar-refractivity contribution in [3.05, 3.63) is 28.3 Å². The maximum Gasteiger partial charge on any atom is 0.324 e. The van der Waals surface area contributed by atoms with Gasteiger partial charge in [0.15, 0.2) is 5.75 Å². The molecule has 0 aliphatic rings. The molecule has 0 aliphatic heterocycles. The van der Waals surface area contributed by atoms with Crippen molar-refractivity contribution in [1.82, 2.24) is 4.72 Å². The minimum Gasteiger partial charge on any atom is -0.502 e. The van der Waals surface area contributed by atoms with E-state index in [1.54, 1.807) is 4.72 Å². The van der Waals surface area contributed by atoms with Gasteiger partial charge in [-0.1, -0.05) is 0 Å². The van der Waals surface area contributed by atoms with Gasteiger partial charge in [0.2, 0.25) is 10.0 Å². The highest BCUT2D eigenvalue weighted by atomic mass is 32.2. The summed E-state index contributed by atoms with van der Waals surface area (Å²) in [6.07, 6.45) is 0. The standard InChI is InChI=1S/C9H10N2O8S/c12-4-6(9(14)15)10-20(18,19)5-1-2-8(13)7(3-5)11(16)17/h1-3,6,10,12-13H,4H2,(H,14,15)/t6-/m0/s1. The normalized spacial score (nSPS) is 12.8. The number of benzene rings is 1. The van der Waals surface area contributed by atoms with E-state index in [9.17, 15) is 28.4 Å². The minimum atomic E-state index is -4.40. The van der Waals surface area contributed by atoms with E-state index in [4.69, 9.17) is 10.2 Å². The maximum absolute atomic E-state index is 11.8. The van der Waals surface area contributed by atoms with Gasteiger partial charge in [0.05, 0.1) is 16.4 Å². The summed E-state index contributed by atoms with van der Waals surface area (Å²) in [5, 5.41) is 37.2. The number of carbonyl (C=O) groups is 1. The number of nitro benzene ring substituents is 1. The lowest BCUT2D eigenvalue weighted by Crippen LogP contribution is -2.43. The fraction of sp³-hybridized carbons (Fsp3) is 0.222. The highest BCUT2D eigenvalue weighted by Gasteiger charge is 2.27. The molecule has 0 aromatic heterocycles. The van der Waals surface area contributed by atoms with E-state index in [-0.39, 0.29) is 0 Å². The molecule has 10 nitrogen and oxygen atoms in total. The third-order valence-corrected chi connectivity index (χ3v) is 3.70. The molecule has 0 bridgehead atoms. The number of carboxylic acid groups (broad SMARTS) is 1. The zero-order valence-electron chi connectivity index (χ0n) is 9.75. The summed E-state index contributed by atoms with van der Waals surface area (Å²) >= 11 is 0. The molecule has 0 saturated carbocycles. The van der Waals surface area contributed by atoms with Crippen molar-refractivity contribution >= 4 is 21.7 Å². The summed E-state index contributed by atoms with van der Waals surface area (Å²) in [7, 11) is -4.40. The van der Waals surface area contributed by atoms with Gasteiger partial charge < -0.3 is 15.3 Å². The molecule has 20 heavy (non-hydrogen) atoms. The monoisotopic (exact) mass is 306 g/mol. The van der Waals surface area contributed by atoms with Gasteiger partial charge in [-0.15, -0.1) is 0 Å². The van der Waals surface area contributed by atoms with Crippen LogP contribution in [0.2, 0.25) is 0 Å². The second-order valence-corrected chi connectivity index (χ2v) is 5.32. The number of nitrogens with one attached hydrogen (secondary N) is 1. The summed E-state index contributed by atoms with van der Waals surface area (Å²) in [5.41, 5.74) is -0.844. The molecular weight excluding hydrogens is 296 g/mol. The van der Waals surface area contributed by atoms with Crippen molar-refractivity contribution < 1.29 is 33.5 Å². The lowest BCUT2D eigenvalue weighted by molar-refractivity contribution is -0.386. The molecule has 1 atom stereocenters. The highest BCUT2D eigenvalue weighted by Crippen LogP contribution is 2.28. The number of aliphatic hydroxyl groups excluding tert-OH is 1. The molecule has 0 amide bonds. The van der Waals surface area contributed by atoms with Crippen LogP contribution >= 0.6 is 0 Å². The fourth-order valence-corrected chi connectivity index (χ4v) is 2.44. The lowest BCUT2D eigenvalue weighted by Gasteiger charge is -2.12. The summed E-state index contributed by atoms with van der Waals surface area (Å²) in [6.45, 7) is -0.991. The number of phenolic OH excluding ortho intramolecular Hbond substituents is 1. The molecule has 0 heterocycles. The molecule has 0 unspecified atom stereocenters. The Hall–Kier alpha value is -2.24. The summed E-state index contributed by atoms with van der Waals surface area (Å²) in [6, 6.07) is 0.448. The average molecular weight is 306 g/mol. The number of carboxylic acids is 1. The van der Waals surface area contributed by atoms with E-state index in [0.29, 0.717) is 6.07 Å². The Morgan fingerprint density at radius 1 is 1.45 bits per heavy atom. The molecule has 1 aromatic rings. The fourth-order valence-electron chi connectivity index (χ4n) is 1.24. The van der Waals surface area contributed by atoms with Crippen LogP contribution in [0.5, 0.6) is 5.75 Å². The Bertz CT molecular complexity index is 641. The first-order valence-corrected chi connectivity index (χ1v) is 6.50. The zero-order chi connectivity index (χ0) is 15.5. The molecule has 110 valence electrons. The van der Waals surface area contributed by atoms with E-state index in [2.05, 4.69) is 0 Å². The Balaban J connectivity index is 3.19. The van der Waals surface area contributed by atoms with Crippen molar-refractivity contribution in [2.24, 2.45) is 0 Å². The third kappa shape index (κ3) is 3.40. The van der Waals surface area contributed by atoms with Gasteiger partial charge in [-0.2, -0.15) is 4.72 Å². The highest BCUT2D eigenvalue weighted by molar-refractivity contribution is 7.89. The average Bonchev–Trinajstić information content (AvgIpc) is 2.35. The molecule has 1 rings (SSSR count). The second kappa shape index (κ2) is 5.81. The van der Waals surface area contributed by atoms with Gasteiger partial charge in [-0.05, 0) is 12.1 Å². The number of nitrogens with zero attached hydrogens (tertiary/aromatic N) is 1. The van der Waals surface area contributed by atoms with Crippen LogP contribution in [-0.2, 0) is 14.8 Å². The van der Waals surface area contributed by atoms with Crippen LogP contribution < -0.4 is 4.72 Å². The van der Waals surface area contributed by atoms with Crippen molar-refractivity contribution in [2.75, 3.05) is 6.61 Å². The predicted molar refractivity (Wildman–Crippen MR) is 63.6 cm³/mol. The van der Waals surface area contributed by atoms with E-state index in [1.165, 1.54) is 0 Å². The van der Waals surface area contributed by atoms with Crippen molar-refractivity contribution in [3.63, 3.8) is 0 Å². The van der Waals surface area contributed by atoms with Crippen LogP contribution in [0, 0.1) is 10.1 Å². The van der Waals surface area contributed by atoms with Gasteiger partial charge in [0.1, 0.15) is 6.04 Å². The Kier molecular flexibility index (Phi) is 4.60. The number of hydrogen-bond donors (Lipinski definition) is 4. The topological polar surface area (TPSA) is 167 Å². The number of aliphatic carboxylic acids is 1. The first-order valence-electron chi connectivity index (χ1n) is 5.02. The Labute approximate surface area is 112 Å². The number of sulfonamides is 1. The molecule has 0 radical (unpaired) electrons. The number of aliphatic hydroxyl groups is 1. The lowest BCUT2D eigenvalue weighted by atomic mass is 10.3. The number of nitro groups is 1. The molecule has 4 N–H and O–H groups in total. The summed E-state index contributed by atoms with van der Waals surface area (Å²) < 4.78 is 25.3. The first-order chi connectivity index (χ1) is 9.19. The van der Waals surface area contributed by atoms with E-state index >= 15 is 0 Å². The second-order valence-electron chi connectivity index (χ2n) is 3.60. The van der Waals surface area contributed by atoms with Crippen LogP contribution in [-0.4, -0.2) is 47.3 Å². The van der Waals surface area contributed by atoms with Crippen LogP contribution in [0.15, 0.2) is 23.1 Å². The van der Waals surface area contributed by atoms with Crippen molar-refractivity contribution in [1.29, 1.82) is 0 Å². The van der Waals surface area contributed by atoms with E-state index in [1.807, 2.05) is 0 Å². The SMILES string of the molecule is O=C(O)[C@H](CO)NS(=O)(=O)c1ccc(O)c([N+](=O)[O-])c1. The summed E-state index contributed by atoms with van der Waals surface area (Å²) in [4.78, 5) is 19.6. The quantitative estimate of drug-likeness (QED) is 0.384. The minimum absolute atomic E-state index is 0.577. The number of phenols is 1. The van der Waals surface area contributed by atoms with Crippen LogP contribution in [0.1, 0.15) is 0 Å². The molecule has 0 fully saturated rings. The van der Waals surface area contributed by atoms with Crippen LogP contribution in [0.4, 0.5) is 5.69 Å². The molecule has 0 aliphatic carbocycles. The Morgan fingerprint density at radius 2 is 2.05 bits per heavy atom. The van der Waals surface area contributed by atoms with Crippen molar-refractivity contribution in [3.8, 4) is 5.75 Å². The summed E-state index contributed by atoms with van der Waals surface area (Å²) in [5.74, 6) is -2.34. The van der Waals surface area contributed by atoms with Gasteiger partial charge in [-0.25, -0.2) is 8.42 Å². The number of rotatable bonds is 6. The largest absolute Gasteiger partial charge is 0.502 e. The molecule has 1 aromatic carbocycles. The van der Waals surface area contributed by atoms with E-state index < -0.39 is 49.9 Å². The Morgan fingerprint density at radius 3 is 2.50 bits per heavy atom. The van der Waals surface area contributed by atoms with Crippen LogP contribution in [0.25, 0.3) is 0 Å². The molecular formula is C9H10N2O8S. The molecule has 0 saturated heterocycles. The van der Waals surface area contributed by atoms with Crippen LogP contribution in [0.3, 0.4) is 0 Å². The predicted octanol–water partition coefficient (Wildman–Crippen LogP) is -0.976. The number of hydrogen-bond acceptors (Lipinski definition) is 7. The first kappa shape index (κ1) is 15.8.